The molecule has 1 aliphatic rings. The van der Waals surface area contributed by atoms with Gasteiger partial charge in [-0.15, -0.1) is 11.3 Å². The van der Waals surface area contributed by atoms with E-state index in [1.165, 1.54) is 16.9 Å². The summed E-state index contributed by atoms with van der Waals surface area (Å²) < 4.78 is 38.3. The first-order chi connectivity index (χ1) is 12.8. The van der Waals surface area contributed by atoms with Crippen LogP contribution in [-0.2, 0) is 12.6 Å². The molecule has 0 aliphatic carbocycles. The number of nitrogens with one attached hydrogen (secondary N) is 1. The number of anilines is 3. The third kappa shape index (κ3) is 3.46. The summed E-state index contributed by atoms with van der Waals surface area (Å²) in [6, 6.07) is 3.11. The number of halogens is 3. The van der Waals surface area contributed by atoms with Gasteiger partial charge in [-0.3, -0.25) is 4.98 Å². The van der Waals surface area contributed by atoms with E-state index >= 15 is 0 Å². The molecule has 4 heterocycles. The van der Waals surface area contributed by atoms with Gasteiger partial charge in [-0.25, -0.2) is 9.97 Å². The lowest BCUT2D eigenvalue weighted by Crippen LogP contribution is -2.12. The molecule has 1 aliphatic heterocycles. The maximum atomic E-state index is 12.8. The fourth-order valence-corrected chi connectivity index (χ4v) is 3.70. The highest BCUT2D eigenvalue weighted by Crippen LogP contribution is 2.33. The van der Waals surface area contributed by atoms with Gasteiger partial charge >= 0.3 is 6.18 Å². The van der Waals surface area contributed by atoms with Gasteiger partial charge in [0.2, 0.25) is 0 Å². The van der Waals surface area contributed by atoms with Crippen LogP contribution >= 0.6 is 11.3 Å². The number of alkyl halides is 3. The van der Waals surface area contributed by atoms with E-state index < -0.39 is 11.7 Å². The van der Waals surface area contributed by atoms with E-state index in [-0.39, 0.29) is 0 Å². The van der Waals surface area contributed by atoms with Crippen molar-refractivity contribution in [3.05, 3.63) is 46.6 Å². The predicted octanol–water partition coefficient (Wildman–Crippen LogP) is 4.66. The van der Waals surface area contributed by atoms with Crippen LogP contribution in [0.15, 0.2) is 29.9 Å². The van der Waals surface area contributed by atoms with E-state index in [1.54, 1.807) is 6.92 Å². The zero-order valence-corrected chi connectivity index (χ0v) is 15.4. The molecule has 0 spiro atoms. The average molecular weight is 391 g/mol. The van der Waals surface area contributed by atoms with Crippen LogP contribution in [0.3, 0.4) is 0 Å². The van der Waals surface area contributed by atoms with Crippen LogP contribution in [0.4, 0.5) is 29.8 Å². The fraction of sp³-hybridized carbons (Fsp3) is 0.278. The minimum Gasteiger partial charge on any atom is -0.373 e. The van der Waals surface area contributed by atoms with E-state index in [1.807, 2.05) is 24.7 Å². The molecule has 3 aromatic heterocycles. The Labute approximate surface area is 157 Å². The van der Waals surface area contributed by atoms with Crippen molar-refractivity contribution in [1.29, 1.82) is 0 Å². The lowest BCUT2D eigenvalue weighted by atomic mass is 10.1. The van der Waals surface area contributed by atoms with Crippen molar-refractivity contribution < 1.29 is 13.2 Å². The van der Waals surface area contributed by atoms with Crippen molar-refractivity contribution in [2.45, 2.75) is 19.5 Å². The largest absolute Gasteiger partial charge is 0.417 e. The van der Waals surface area contributed by atoms with Crippen LogP contribution in [0.5, 0.6) is 0 Å². The second-order valence-electron chi connectivity index (χ2n) is 6.42. The fourth-order valence-electron chi connectivity index (χ4n) is 2.99. The SMILES string of the molecule is Cc1cc(C(F)(F)F)cnc1Nc1nc(-c2cc3c(cn2)N(C)CC3)cs1. The lowest BCUT2D eigenvalue weighted by molar-refractivity contribution is -0.137. The third-order valence-electron chi connectivity index (χ3n) is 4.49. The Balaban J connectivity index is 1.55. The minimum atomic E-state index is -4.40. The molecule has 0 amide bonds. The standard InChI is InChI=1S/C18H16F3N5S/c1-10-5-12(18(19,20)21)7-23-16(10)25-17-24-14(9-27-17)13-6-11-3-4-26(2)15(11)8-22-13/h5-9H,3-4H2,1-2H3,(H,23,24,25). The molecule has 0 bridgehead atoms. The molecule has 0 fully saturated rings. The summed E-state index contributed by atoms with van der Waals surface area (Å²) in [6.07, 6.45) is -0.753. The molecular weight excluding hydrogens is 375 g/mol. The highest BCUT2D eigenvalue weighted by molar-refractivity contribution is 7.14. The van der Waals surface area contributed by atoms with Crippen molar-refractivity contribution in [3.63, 3.8) is 0 Å². The van der Waals surface area contributed by atoms with Crippen LogP contribution in [0, 0.1) is 6.92 Å². The molecule has 0 saturated heterocycles. The van der Waals surface area contributed by atoms with Crippen LogP contribution in [0.1, 0.15) is 16.7 Å². The molecule has 0 aromatic carbocycles. The molecule has 0 radical (unpaired) electrons. The Morgan fingerprint density at radius 2 is 1.96 bits per heavy atom. The zero-order valence-electron chi connectivity index (χ0n) is 14.6. The van der Waals surface area contributed by atoms with Gasteiger partial charge in [0.15, 0.2) is 5.13 Å². The second kappa shape index (κ2) is 6.49. The molecule has 3 aromatic rings. The van der Waals surface area contributed by atoms with Crippen molar-refractivity contribution in [2.24, 2.45) is 0 Å². The van der Waals surface area contributed by atoms with Gasteiger partial charge in [0.25, 0.3) is 0 Å². The topological polar surface area (TPSA) is 53.9 Å². The number of rotatable bonds is 3. The summed E-state index contributed by atoms with van der Waals surface area (Å²) in [6.45, 7) is 2.56. The number of aryl methyl sites for hydroxylation is 1. The number of thiazole rings is 1. The predicted molar refractivity (Wildman–Crippen MR) is 99.6 cm³/mol. The van der Waals surface area contributed by atoms with Crippen LogP contribution < -0.4 is 10.2 Å². The number of nitrogens with zero attached hydrogens (tertiary/aromatic N) is 4. The van der Waals surface area contributed by atoms with Crippen LogP contribution in [0.25, 0.3) is 11.4 Å². The number of aromatic nitrogens is 3. The van der Waals surface area contributed by atoms with Gasteiger partial charge in [-0.1, -0.05) is 0 Å². The number of pyridine rings is 2. The minimum absolute atomic E-state index is 0.354. The molecule has 0 saturated carbocycles. The normalized spacial score (nSPS) is 13.7. The van der Waals surface area contributed by atoms with Gasteiger partial charge < -0.3 is 10.2 Å². The van der Waals surface area contributed by atoms with Gasteiger partial charge in [0.1, 0.15) is 11.5 Å². The van der Waals surface area contributed by atoms with Crippen molar-refractivity contribution in [1.82, 2.24) is 15.0 Å². The monoisotopic (exact) mass is 391 g/mol. The van der Waals surface area contributed by atoms with E-state index in [0.29, 0.717) is 16.5 Å². The Morgan fingerprint density at radius 1 is 1.15 bits per heavy atom. The summed E-state index contributed by atoms with van der Waals surface area (Å²) in [7, 11) is 2.04. The summed E-state index contributed by atoms with van der Waals surface area (Å²) in [5.74, 6) is 0.354. The number of likely N-dealkylation sites (N-methyl/N-ethyl adjacent to an activating group) is 1. The Kier molecular flexibility index (Phi) is 4.26. The average Bonchev–Trinajstić information content (AvgIpc) is 3.23. The van der Waals surface area contributed by atoms with Gasteiger partial charge in [-0.2, -0.15) is 13.2 Å². The van der Waals surface area contributed by atoms with Crippen LogP contribution in [-0.4, -0.2) is 28.5 Å². The summed E-state index contributed by atoms with van der Waals surface area (Å²) in [4.78, 5) is 15.0. The molecule has 5 nitrogen and oxygen atoms in total. The van der Waals surface area contributed by atoms with Gasteiger partial charge in [0, 0.05) is 25.2 Å². The Morgan fingerprint density at radius 3 is 2.70 bits per heavy atom. The van der Waals surface area contributed by atoms with Crippen LogP contribution in [0.2, 0.25) is 0 Å². The maximum Gasteiger partial charge on any atom is 0.417 e. The van der Waals surface area contributed by atoms with Crippen molar-refractivity contribution in [2.75, 3.05) is 23.8 Å². The number of hydrogen-bond donors (Lipinski definition) is 1. The summed E-state index contributed by atoms with van der Waals surface area (Å²) in [5, 5.41) is 5.42. The van der Waals surface area contributed by atoms with E-state index in [9.17, 15) is 13.2 Å². The molecule has 0 unspecified atom stereocenters. The maximum absolute atomic E-state index is 12.8. The molecular formula is C18H16F3N5S. The van der Waals surface area contributed by atoms with E-state index in [4.69, 9.17) is 0 Å². The Hall–Kier alpha value is -2.68. The molecule has 4 rings (SSSR count). The first-order valence-electron chi connectivity index (χ1n) is 8.28. The highest BCUT2D eigenvalue weighted by atomic mass is 32.1. The lowest BCUT2D eigenvalue weighted by Gasteiger charge is -2.11. The molecule has 27 heavy (non-hydrogen) atoms. The first-order valence-corrected chi connectivity index (χ1v) is 9.16. The summed E-state index contributed by atoms with van der Waals surface area (Å²) in [5.41, 5.74) is 3.52. The van der Waals surface area contributed by atoms with Crippen molar-refractivity contribution >= 4 is 28.0 Å². The molecule has 9 heteroatoms. The van der Waals surface area contributed by atoms with Gasteiger partial charge in [-0.05, 0) is 36.6 Å². The second-order valence-corrected chi connectivity index (χ2v) is 7.28. The number of fused-ring (bicyclic) bond motifs is 1. The van der Waals surface area contributed by atoms with E-state index in [0.717, 1.165) is 42.3 Å². The molecule has 1 N–H and O–H groups in total. The van der Waals surface area contributed by atoms with E-state index in [2.05, 4.69) is 25.2 Å². The summed E-state index contributed by atoms with van der Waals surface area (Å²) >= 11 is 1.36. The zero-order chi connectivity index (χ0) is 19.2. The Bertz CT molecular complexity index is 999. The third-order valence-corrected chi connectivity index (χ3v) is 5.25. The smallest absolute Gasteiger partial charge is 0.373 e. The molecule has 140 valence electrons. The number of hydrogen-bond acceptors (Lipinski definition) is 6. The quantitative estimate of drug-likeness (QED) is 0.704. The molecule has 0 atom stereocenters. The van der Waals surface area contributed by atoms with Crippen molar-refractivity contribution in [3.8, 4) is 11.4 Å². The van der Waals surface area contributed by atoms with Gasteiger partial charge in [0.05, 0.1) is 23.1 Å². The first kappa shape index (κ1) is 17.7. The highest BCUT2D eigenvalue weighted by Gasteiger charge is 2.31.